The Kier molecular flexibility index (Phi) is 8.79. The third-order valence-electron chi connectivity index (χ3n) is 9.41. The quantitative estimate of drug-likeness (QED) is 0.180. The summed E-state index contributed by atoms with van der Waals surface area (Å²) in [5, 5.41) is 12.8. The van der Waals surface area contributed by atoms with Crippen molar-refractivity contribution in [3.63, 3.8) is 0 Å². The molecule has 2 nitrogen and oxygen atoms in total. The van der Waals surface area contributed by atoms with Crippen LogP contribution < -0.4 is 4.57 Å². The molecule has 0 unspecified atom stereocenters. The number of hydrogen-bond donors (Lipinski definition) is 0. The highest BCUT2D eigenvalue weighted by Crippen LogP contribution is 2.41. The molecule has 0 fully saturated rings. The van der Waals surface area contributed by atoms with Gasteiger partial charge in [0.2, 0.25) is 5.69 Å². The van der Waals surface area contributed by atoms with Crippen molar-refractivity contribution >= 4 is 10.8 Å². The summed E-state index contributed by atoms with van der Waals surface area (Å²) in [4.78, 5) is 0. The first-order valence-electron chi connectivity index (χ1n) is 16.5. The summed E-state index contributed by atoms with van der Waals surface area (Å²) >= 11 is 0. The lowest BCUT2D eigenvalue weighted by Crippen LogP contribution is -2.31. The van der Waals surface area contributed by atoms with Gasteiger partial charge < -0.3 is 0 Å². The maximum atomic E-state index is 10.2. The van der Waals surface area contributed by atoms with Gasteiger partial charge in [0.15, 0.2) is 6.20 Å². The fourth-order valence-electron chi connectivity index (χ4n) is 6.76. The number of fused-ring (bicyclic) bond motifs is 1. The maximum absolute atomic E-state index is 10.2. The van der Waals surface area contributed by atoms with E-state index in [1.165, 1.54) is 55.3 Å². The molecule has 0 aliphatic rings. The SMILES string of the molecule is Cc1c(-c2cc(-c3ccc(-c4c(C(C)C)cc(C(C)C)cc4C(C)C)cc3)c(C#N)c[n+]2C)cc(C(C)(C)C)c2ccccc12. The first kappa shape index (κ1) is 32.2. The number of nitrogens with zero attached hydrogens (tertiary/aromatic N) is 2. The van der Waals surface area contributed by atoms with Crippen LogP contribution in [0, 0.1) is 18.3 Å². The first-order valence-corrected chi connectivity index (χ1v) is 16.5. The van der Waals surface area contributed by atoms with E-state index in [4.69, 9.17) is 0 Å². The Labute approximate surface area is 271 Å². The average molecular weight is 594 g/mol. The van der Waals surface area contributed by atoms with Gasteiger partial charge in [0, 0.05) is 17.2 Å². The Morgan fingerprint density at radius 3 is 1.76 bits per heavy atom. The molecule has 0 atom stereocenters. The highest BCUT2D eigenvalue weighted by molar-refractivity contribution is 5.94. The summed E-state index contributed by atoms with van der Waals surface area (Å²) in [5.41, 5.74) is 14.4. The van der Waals surface area contributed by atoms with Gasteiger partial charge in [0.1, 0.15) is 18.7 Å². The minimum Gasteiger partial charge on any atom is -0.200 e. The van der Waals surface area contributed by atoms with Crippen LogP contribution in [0.25, 0.3) is 44.3 Å². The minimum atomic E-state index is -0.0110. The van der Waals surface area contributed by atoms with E-state index >= 15 is 0 Å². The van der Waals surface area contributed by atoms with Crippen molar-refractivity contribution in [3.05, 3.63) is 112 Å². The number of aromatic nitrogens is 1. The molecule has 0 saturated heterocycles. The topological polar surface area (TPSA) is 27.7 Å². The smallest absolute Gasteiger partial charge is 0.200 e. The third-order valence-corrected chi connectivity index (χ3v) is 9.41. The van der Waals surface area contributed by atoms with Gasteiger partial charge in [-0.3, -0.25) is 0 Å². The van der Waals surface area contributed by atoms with E-state index in [-0.39, 0.29) is 5.41 Å². The molecule has 0 saturated carbocycles. The second-order valence-corrected chi connectivity index (χ2v) is 14.7. The molecule has 0 spiro atoms. The fourth-order valence-corrected chi connectivity index (χ4v) is 6.76. The Hall–Kier alpha value is -4.22. The summed E-state index contributed by atoms with van der Waals surface area (Å²) in [6.45, 7) is 22.8. The lowest BCUT2D eigenvalue weighted by Gasteiger charge is -2.24. The van der Waals surface area contributed by atoms with Crippen LogP contribution in [0.15, 0.2) is 79.0 Å². The first-order chi connectivity index (χ1) is 21.2. The van der Waals surface area contributed by atoms with Crippen molar-refractivity contribution in [2.75, 3.05) is 0 Å². The highest BCUT2D eigenvalue weighted by Gasteiger charge is 2.25. The van der Waals surface area contributed by atoms with Crippen LogP contribution in [0.1, 0.15) is 113 Å². The normalized spacial score (nSPS) is 12.0. The second-order valence-electron chi connectivity index (χ2n) is 14.7. The lowest BCUT2D eigenvalue weighted by atomic mass is 9.80. The summed E-state index contributed by atoms with van der Waals surface area (Å²) in [7, 11) is 2.05. The average Bonchev–Trinajstić information content (AvgIpc) is 3.00. The third kappa shape index (κ3) is 6.06. The van der Waals surface area contributed by atoms with Crippen LogP contribution in [0.2, 0.25) is 0 Å². The van der Waals surface area contributed by atoms with Crippen LogP contribution in [-0.4, -0.2) is 0 Å². The summed E-state index contributed by atoms with van der Waals surface area (Å²) in [6, 6.07) is 29.5. The van der Waals surface area contributed by atoms with Gasteiger partial charge in [-0.25, -0.2) is 0 Å². The number of benzene rings is 4. The lowest BCUT2D eigenvalue weighted by molar-refractivity contribution is -0.660. The fraction of sp³-hybridized carbons (Fsp3) is 0.349. The molecule has 45 heavy (non-hydrogen) atoms. The summed E-state index contributed by atoms with van der Waals surface area (Å²) in [5.74, 6) is 1.32. The van der Waals surface area contributed by atoms with E-state index in [9.17, 15) is 5.26 Å². The molecule has 0 amide bonds. The number of rotatable bonds is 6. The number of nitriles is 1. The van der Waals surface area contributed by atoms with Crippen LogP contribution in [0.4, 0.5) is 0 Å². The van der Waals surface area contributed by atoms with Crippen molar-refractivity contribution in [2.45, 2.75) is 92.4 Å². The molecule has 0 aliphatic carbocycles. The Morgan fingerprint density at radius 2 is 1.24 bits per heavy atom. The van der Waals surface area contributed by atoms with Crippen LogP contribution >= 0.6 is 0 Å². The maximum Gasteiger partial charge on any atom is 0.213 e. The number of aryl methyl sites for hydroxylation is 2. The van der Waals surface area contributed by atoms with Crippen molar-refractivity contribution in [3.8, 4) is 39.6 Å². The van der Waals surface area contributed by atoms with Gasteiger partial charge in [0.25, 0.3) is 0 Å². The van der Waals surface area contributed by atoms with E-state index in [2.05, 4.69) is 160 Å². The molecule has 5 aromatic rings. The number of pyridine rings is 1. The van der Waals surface area contributed by atoms with Gasteiger partial charge in [0.05, 0.1) is 0 Å². The zero-order chi connectivity index (χ0) is 32.8. The molecule has 0 radical (unpaired) electrons. The van der Waals surface area contributed by atoms with Gasteiger partial charge in [-0.05, 0) is 91.4 Å². The van der Waals surface area contributed by atoms with Crippen molar-refractivity contribution in [2.24, 2.45) is 7.05 Å². The van der Waals surface area contributed by atoms with E-state index in [0.717, 1.165) is 16.8 Å². The molecular formula is C43H49N2+. The summed E-state index contributed by atoms with van der Waals surface area (Å²) < 4.78 is 2.11. The van der Waals surface area contributed by atoms with Crippen molar-refractivity contribution < 1.29 is 4.57 Å². The molecule has 5 rings (SSSR count). The molecule has 1 aromatic heterocycles. The van der Waals surface area contributed by atoms with Crippen molar-refractivity contribution in [1.29, 1.82) is 5.26 Å². The van der Waals surface area contributed by atoms with E-state index in [1.807, 2.05) is 6.20 Å². The predicted molar refractivity (Wildman–Crippen MR) is 192 cm³/mol. The molecule has 1 heterocycles. The molecule has 0 bridgehead atoms. The molecule has 0 aliphatic heterocycles. The van der Waals surface area contributed by atoms with E-state index in [0.29, 0.717) is 23.3 Å². The Morgan fingerprint density at radius 1 is 0.689 bits per heavy atom. The Bertz CT molecular complexity index is 1890. The van der Waals surface area contributed by atoms with Crippen LogP contribution in [-0.2, 0) is 12.5 Å². The largest absolute Gasteiger partial charge is 0.213 e. The molecule has 0 N–H and O–H groups in total. The van der Waals surface area contributed by atoms with Gasteiger partial charge in [-0.2, -0.15) is 9.83 Å². The molecule has 230 valence electrons. The molecule has 2 heteroatoms. The van der Waals surface area contributed by atoms with Gasteiger partial charge in [-0.1, -0.05) is 123 Å². The van der Waals surface area contributed by atoms with E-state index in [1.54, 1.807) is 0 Å². The molecular weight excluding hydrogens is 544 g/mol. The highest BCUT2D eigenvalue weighted by atomic mass is 14.9. The zero-order valence-corrected chi connectivity index (χ0v) is 29.1. The van der Waals surface area contributed by atoms with Crippen LogP contribution in [0.5, 0.6) is 0 Å². The van der Waals surface area contributed by atoms with E-state index < -0.39 is 0 Å². The molecule has 4 aromatic carbocycles. The predicted octanol–water partition coefficient (Wildman–Crippen LogP) is 11.5. The van der Waals surface area contributed by atoms with Crippen molar-refractivity contribution in [1.82, 2.24) is 0 Å². The van der Waals surface area contributed by atoms with Gasteiger partial charge >= 0.3 is 0 Å². The zero-order valence-electron chi connectivity index (χ0n) is 29.1. The van der Waals surface area contributed by atoms with Gasteiger partial charge in [-0.15, -0.1) is 0 Å². The summed E-state index contributed by atoms with van der Waals surface area (Å²) in [6.07, 6.45) is 1.99. The minimum absolute atomic E-state index is 0.0110. The monoisotopic (exact) mass is 593 g/mol. The Balaban J connectivity index is 1.69. The second kappa shape index (κ2) is 12.3. The van der Waals surface area contributed by atoms with Crippen LogP contribution in [0.3, 0.4) is 0 Å². The standard InChI is InChI=1S/C43H49N2/c1-26(2)32-20-36(27(3)4)42(37(21-32)28(5)6)31-18-16-30(17-19-31)39-23-41(45(11)25-33(39)24-44)38-22-40(43(8,9)10)35-15-13-12-14-34(35)29(38)7/h12-23,25-28H,1-11H3/q+1. The number of hydrogen-bond acceptors (Lipinski definition) is 1.